The summed E-state index contributed by atoms with van der Waals surface area (Å²) < 4.78 is 0. The maximum Gasteiger partial charge on any atom is 0.252 e. The van der Waals surface area contributed by atoms with Crippen molar-refractivity contribution in [1.82, 2.24) is 0 Å². The predicted octanol–water partition coefficient (Wildman–Crippen LogP) is 12.2. The Labute approximate surface area is 336 Å². The number of benzene rings is 7. The Morgan fingerprint density at radius 2 is 0.895 bits per heavy atom. The third-order valence-corrected chi connectivity index (χ3v) is 15.2. The molecule has 0 amide bonds. The summed E-state index contributed by atoms with van der Waals surface area (Å²) in [6.45, 7) is 0.119. The number of para-hydroxylation sites is 2. The highest BCUT2D eigenvalue weighted by atomic mass is 15.2. The van der Waals surface area contributed by atoms with Gasteiger partial charge < -0.3 is 9.80 Å². The van der Waals surface area contributed by atoms with Crippen molar-refractivity contribution in [3.8, 4) is 22.3 Å². The van der Waals surface area contributed by atoms with E-state index in [-0.39, 0.29) is 17.5 Å². The molecule has 0 atom stereocenters. The molecule has 2 spiro atoms. The number of hydrogen-bond donors (Lipinski definition) is 0. The van der Waals surface area contributed by atoms with E-state index in [1.165, 1.54) is 137 Å². The zero-order chi connectivity index (χ0) is 37.3. The summed E-state index contributed by atoms with van der Waals surface area (Å²) in [5.74, 6) is 0. The Balaban J connectivity index is 1.10. The van der Waals surface area contributed by atoms with Gasteiger partial charge in [-0.05, 0) is 135 Å². The minimum atomic E-state index is 0.0830. The Kier molecular flexibility index (Phi) is 6.73. The summed E-state index contributed by atoms with van der Waals surface area (Å²) in [6, 6.07) is 59.0. The molecule has 2 heterocycles. The zero-order valence-electron chi connectivity index (χ0n) is 32.5. The highest BCUT2D eigenvalue weighted by Crippen LogP contribution is 2.59. The summed E-state index contributed by atoms with van der Waals surface area (Å²) >= 11 is 0. The van der Waals surface area contributed by atoms with Crippen molar-refractivity contribution >= 4 is 57.2 Å². The molecular weight excluding hydrogens is 687 g/mol. The van der Waals surface area contributed by atoms with Crippen molar-refractivity contribution in [2.24, 2.45) is 0 Å². The molecule has 4 aliphatic carbocycles. The van der Waals surface area contributed by atoms with Crippen LogP contribution in [0.15, 0.2) is 152 Å². The van der Waals surface area contributed by atoms with Crippen LogP contribution in [0.1, 0.15) is 86.5 Å². The number of hydrogen-bond acceptors (Lipinski definition) is 2. The molecule has 274 valence electrons. The average Bonchev–Trinajstić information content (AvgIpc) is 3.68. The molecule has 0 radical (unpaired) electrons. The highest BCUT2D eigenvalue weighted by Gasteiger charge is 2.49. The van der Waals surface area contributed by atoms with Crippen LogP contribution in [0.25, 0.3) is 22.3 Å². The fraction of sp³-hybridized carbons (Fsp3) is 0.222. The smallest absolute Gasteiger partial charge is 0.252 e. The Hall–Kier alpha value is -5.80. The minimum Gasteiger partial charge on any atom is -0.311 e. The lowest BCUT2D eigenvalue weighted by Crippen LogP contribution is -2.61. The summed E-state index contributed by atoms with van der Waals surface area (Å²) in [6.07, 6.45) is 12.8. The quantitative estimate of drug-likeness (QED) is 0.163. The molecule has 0 aromatic heterocycles. The number of anilines is 6. The van der Waals surface area contributed by atoms with Crippen LogP contribution in [0.3, 0.4) is 0 Å². The Morgan fingerprint density at radius 3 is 1.60 bits per heavy atom. The normalized spacial score (nSPS) is 18.4. The van der Waals surface area contributed by atoms with Gasteiger partial charge in [-0.25, -0.2) is 0 Å². The maximum absolute atomic E-state index is 2.71. The molecule has 2 nitrogen and oxygen atoms in total. The Bertz CT molecular complexity index is 2790. The largest absolute Gasteiger partial charge is 0.311 e. The zero-order valence-corrected chi connectivity index (χ0v) is 32.5. The summed E-state index contributed by atoms with van der Waals surface area (Å²) in [4.78, 5) is 5.18. The van der Waals surface area contributed by atoms with Gasteiger partial charge in [0.25, 0.3) is 6.71 Å². The van der Waals surface area contributed by atoms with Crippen molar-refractivity contribution in [3.63, 3.8) is 0 Å². The van der Waals surface area contributed by atoms with Gasteiger partial charge in [0.15, 0.2) is 0 Å². The molecule has 2 aliphatic heterocycles. The van der Waals surface area contributed by atoms with Crippen LogP contribution in [-0.4, -0.2) is 6.71 Å². The molecular formula is C54H45BN2. The van der Waals surface area contributed by atoms with Gasteiger partial charge in [-0.15, -0.1) is 0 Å². The molecule has 0 N–H and O–H groups in total. The van der Waals surface area contributed by atoms with E-state index >= 15 is 0 Å². The van der Waals surface area contributed by atoms with E-state index in [0.717, 1.165) is 0 Å². The fourth-order valence-corrected chi connectivity index (χ4v) is 12.9. The van der Waals surface area contributed by atoms with Crippen LogP contribution in [0.2, 0.25) is 0 Å². The van der Waals surface area contributed by atoms with E-state index in [2.05, 4.69) is 161 Å². The van der Waals surface area contributed by atoms with Crippen LogP contribution in [0, 0.1) is 0 Å². The van der Waals surface area contributed by atoms with Gasteiger partial charge in [0, 0.05) is 45.0 Å². The standard InChI is InChI=1S/C54H45BN2/c1-4-17-36(18-5-1)56-48-24-11-10-23-46(48)55-47-35-45-41(39-20-7-9-22-43(39)54(45)31-14-3-15-32-54)34-51(47)57(50-26-16-25-49(56)52(50)55)37-27-28-44-40(33-37)38-19-6-8-21-42(38)53(44)29-12-2-13-30-53/h1,4-11,16-28,33-35H,2-3,12-15,29-32H2. The van der Waals surface area contributed by atoms with E-state index < -0.39 is 0 Å². The third-order valence-electron chi connectivity index (χ3n) is 15.2. The second-order valence-corrected chi connectivity index (χ2v) is 17.8. The molecule has 7 aromatic rings. The molecule has 13 rings (SSSR count). The van der Waals surface area contributed by atoms with E-state index in [1.54, 1.807) is 22.3 Å². The van der Waals surface area contributed by atoms with Gasteiger partial charge in [-0.3, -0.25) is 0 Å². The lowest BCUT2D eigenvalue weighted by molar-refractivity contribution is 0.353. The number of fused-ring (bicyclic) bond motifs is 14. The van der Waals surface area contributed by atoms with Crippen LogP contribution in [0.5, 0.6) is 0 Å². The van der Waals surface area contributed by atoms with E-state index in [0.29, 0.717) is 0 Å². The first-order valence-electron chi connectivity index (χ1n) is 21.7. The predicted molar refractivity (Wildman–Crippen MR) is 239 cm³/mol. The second-order valence-electron chi connectivity index (χ2n) is 17.8. The van der Waals surface area contributed by atoms with Crippen LogP contribution < -0.4 is 26.2 Å². The van der Waals surface area contributed by atoms with Crippen LogP contribution in [0.4, 0.5) is 34.1 Å². The lowest BCUT2D eigenvalue weighted by Gasteiger charge is -2.45. The molecule has 2 saturated carbocycles. The molecule has 0 saturated heterocycles. The first-order valence-corrected chi connectivity index (χ1v) is 21.7. The fourth-order valence-electron chi connectivity index (χ4n) is 12.9. The van der Waals surface area contributed by atoms with Crippen molar-refractivity contribution < 1.29 is 0 Å². The molecule has 0 unspecified atom stereocenters. The topological polar surface area (TPSA) is 6.48 Å². The van der Waals surface area contributed by atoms with Crippen LogP contribution in [-0.2, 0) is 10.8 Å². The van der Waals surface area contributed by atoms with Gasteiger partial charge >= 0.3 is 0 Å². The monoisotopic (exact) mass is 732 g/mol. The van der Waals surface area contributed by atoms with Crippen LogP contribution >= 0.6 is 0 Å². The minimum absolute atomic E-state index is 0.0830. The van der Waals surface area contributed by atoms with E-state index in [4.69, 9.17) is 0 Å². The molecule has 3 heteroatoms. The van der Waals surface area contributed by atoms with Crippen molar-refractivity contribution in [2.45, 2.75) is 75.0 Å². The van der Waals surface area contributed by atoms with E-state index in [1.807, 2.05) is 0 Å². The molecule has 0 bridgehead atoms. The number of nitrogens with zero attached hydrogens (tertiary/aromatic N) is 2. The average molecular weight is 733 g/mol. The van der Waals surface area contributed by atoms with E-state index in [9.17, 15) is 0 Å². The Morgan fingerprint density at radius 1 is 0.351 bits per heavy atom. The third kappa shape index (κ3) is 4.22. The van der Waals surface area contributed by atoms with Gasteiger partial charge in [-0.1, -0.05) is 142 Å². The number of rotatable bonds is 2. The summed E-state index contributed by atoms with van der Waals surface area (Å²) in [5.41, 5.74) is 24.1. The molecule has 6 aliphatic rings. The molecule has 7 aromatic carbocycles. The van der Waals surface area contributed by atoms with Gasteiger partial charge in [0.2, 0.25) is 0 Å². The second kappa shape index (κ2) is 11.9. The lowest BCUT2D eigenvalue weighted by atomic mass is 9.33. The highest BCUT2D eigenvalue weighted by molar-refractivity contribution is 7.00. The summed E-state index contributed by atoms with van der Waals surface area (Å²) in [5, 5.41) is 0. The van der Waals surface area contributed by atoms with Crippen molar-refractivity contribution in [2.75, 3.05) is 9.80 Å². The summed E-state index contributed by atoms with van der Waals surface area (Å²) in [7, 11) is 0. The van der Waals surface area contributed by atoms with Crippen molar-refractivity contribution in [1.29, 1.82) is 0 Å². The first-order chi connectivity index (χ1) is 28.3. The molecule has 2 fully saturated rings. The van der Waals surface area contributed by atoms with Gasteiger partial charge in [0.1, 0.15) is 0 Å². The maximum atomic E-state index is 2.71. The SMILES string of the molecule is c1ccc(N2c3ccccc3B3c4cc5c(cc4N(c4ccc6c(c4)-c4ccccc4C64CCCCC4)c4cccc2c43)-c2ccccc2C52CCCCC2)cc1. The first kappa shape index (κ1) is 32.3. The van der Waals surface area contributed by atoms with Gasteiger partial charge in [-0.2, -0.15) is 0 Å². The van der Waals surface area contributed by atoms with Crippen molar-refractivity contribution in [3.05, 3.63) is 174 Å². The van der Waals surface area contributed by atoms with Gasteiger partial charge in [0.05, 0.1) is 0 Å². The molecule has 57 heavy (non-hydrogen) atoms.